The Hall–Kier alpha value is -3.74. The monoisotopic (exact) mass is 571 g/mol. The van der Waals surface area contributed by atoms with Crippen LogP contribution >= 0.6 is 11.6 Å². The van der Waals surface area contributed by atoms with E-state index in [-0.39, 0.29) is 22.5 Å². The van der Waals surface area contributed by atoms with E-state index < -0.39 is 69.7 Å². The van der Waals surface area contributed by atoms with Crippen molar-refractivity contribution in [2.75, 3.05) is 5.32 Å². The lowest BCUT2D eigenvalue weighted by Gasteiger charge is -2.24. The number of halogens is 9. The SMILES string of the molecule is CC(=O)N(C(=O)c1cc(NC(=O)c2c(C(F)(F)F)c(C(F)(F)C(F)(F)F)nn2C)ccc1Cl)C1(C#N)CC1. The Balaban J connectivity index is 2.05. The van der Waals surface area contributed by atoms with E-state index in [4.69, 9.17) is 11.6 Å². The number of aryl methyl sites for hydroxylation is 1. The maximum absolute atomic E-state index is 13.9. The Morgan fingerprint density at radius 1 is 1.13 bits per heavy atom. The molecule has 0 spiro atoms. The van der Waals surface area contributed by atoms with Gasteiger partial charge in [-0.05, 0) is 31.0 Å². The lowest BCUT2D eigenvalue weighted by Crippen LogP contribution is -2.44. The molecule has 0 aliphatic heterocycles. The predicted molar refractivity (Wildman–Crippen MR) is 112 cm³/mol. The van der Waals surface area contributed by atoms with Crippen molar-refractivity contribution in [3.63, 3.8) is 0 Å². The second-order valence-electron chi connectivity index (χ2n) is 8.22. The first-order chi connectivity index (χ1) is 17.3. The largest absolute Gasteiger partial charge is 0.459 e. The third-order valence-electron chi connectivity index (χ3n) is 5.53. The van der Waals surface area contributed by atoms with Gasteiger partial charge in [-0.1, -0.05) is 11.6 Å². The summed E-state index contributed by atoms with van der Waals surface area (Å²) in [7, 11) is 0.554. The van der Waals surface area contributed by atoms with Crippen molar-refractivity contribution in [1.82, 2.24) is 14.7 Å². The Kier molecular flexibility index (Phi) is 7.00. The highest BCUT2D eigenvalue weighted by Gasteiger charge is 2.64. The molecule has 3 amide bonds. The molecule has 1 aromatic heterocycles. The Morgan fingerprint density at radius 3 is 2.16 bits per heavy atom. The summed E-state index contributed by atoms with van der Waals surface area (Å²) in [6.45, 7) is 1.00. The number of aromatic nitrogens is 2. The van der Waals surface area contributed by atoms with Gasteiger partial charge < -0.3 is 5.32 Å². The van der Waals surface area contributed by atoms with Crippen LogP contribution in [0.5, 0.6) is 0 Å². The molecule has 1 N–H and O–H groups in total. The normalized spacial score (nSPS) is 15.0. The van der Waals surface area contributed by atoms with Crippen molar-refractivity contribution in [1.29, 1.82) is 5.26 Å². The van der Waals surface area contributed by atoms with Crippen LogP contribution in [-0.2, 0) is 23.9 Å². The van der Waals surface area contributed by atoms with Gasteiger partial charge in [0.15, 0.2) is 5.69 Å². The molecule has 1 saturated carbocycles. The standard InChI is InChI=1S/C21H14ClF8N5O3/c1-9(36)35(18(8-31)5-6-18)17(38)11-7-10(3-4-12(11)22)32-16(37)14-13(20(25,26)27)15(33-34(14)2)19(23,24)21(28,29)30/h3-4,7H,5-6H2,1-2H3,(H,32,37). The van der Waals surface area contributed by atoms with E-state index >= 15 is 0 Å². The van der Waals surface area contributed by atoms with Crippen molar-refractivity contribution in [2.45, 2.75) is 43.6 Å². The summed E-state index contributed by atoms with van der Waals surface area (Å²) in [6.07, 6.45) is -12.0. The fraction of sp³-hybridized carbons (Fsp3) is 0.381. The highest BCUT2D eigenvalue weighted by atomic mass is 35.5. The zero-order chi connectivity index (χ0) is 29.0. The third-order valence-corrected chi connectivity index (χ3v) is 5.86. The summed E-state index contributed by atoms with van der Waals surface area (Å²) < 4.78 is 107. The highest BCUT2D eigenvalue weighted by molar-refractivity contribution is 6.34. The van der Waals surface area contributed by atoms with Gasteiger partial charge in [0.25, 0.3) is 11.8 Å². The second kappa shape index (κ2) is 9.22. The van der Waals surface area contributed by atoms with Gasteiger partial charge in [-0.2, -0.15) is 45.5 Å². The molecule has 1 aliphatic carbocycles. The quantitative estimate of drug-likeness (QED) is 0.506. The van der Waals surface area contributed by atoms with E-state index in [1.807, 2.05) is 11.4 Å². The smallest absolute Gasteiger partial charge is 0.321 e. The molecule has 1 heterocycles. The number of rotatable bonds is 5. The number of nitriles is 1. The molecule has 2 aromatic rings. The first kappa shape index (κ1) is 28.8. The first-order valence-corrected chi connectivity index (χ1v) is 10.6. The van der Waals surface area contributed by atoms with Crippen LogP contribution in [0.3, 0.4) is 0 Å². The number of carbonyl (C=O) groups excluding carboxylic acids is 3. The fourth-order valence-electron chi connectivity index (χ4n) is 3.63. The van der Waals surface area contributed by atoms with Crippen molar-refractivity contribution in [2.24, 2.45) is 7.05 Å². The zero-order valence-electron chi connectivity index (χ0n) is 19.1. The summed E-state index contributed by atoms with van der Waals surface area (Å²) in [5, 5.41) is 13.6. The lowest BCUT2D eigenvalue weighted by molar-refractivity contribution is -0.292. The molecule has 0 unspecified atom stereocenters. The number of benzene rings is 1. The van der Waals surface area contributed by atoms with Crippen molar-refractivity contribution in [3.05, 3.63) is 45.7 Å². The summed E-state index contributed by atoms with van der Waals surface area (Å²) in [5.74, 6) is -9.73. The molecule has 204 valence electrons. The molecule has 0 radical (unpaired) electrons. The van der Waals surface area contributed by atoms with Crippen LogP contribution in [0.25, 0.3) is 0 Å². The van der Waals surface area contributed by atoms with Gasteiger partial charge in [0.05, 0.1) is 16.7 Å². The average Bonchev–Trinajstić information content (AvgIpc) is 3.46. The molecule has 1 aliphatic rings. The molecular weight excluding hydrogens is 558 g/mol. The molecule has 17 heteroatoms. The molecule has 1 aromatic carbocycles. The summed E-state index contributed by atoms with van der Waals surface area (Å²) >= 11 is 6.01. The minimum absolute atomic E-state index is 0.0869. The Labute approximate surface area is 212 Å². The molecule has 8 nitrogen and oxygen atoms in total. The predicted octanol–water partition coefficient (Wildman–Crippen LogP) is 5.04. The molecule has 3 rings (SSSR count). The Bertz CT molecular complexity index is 1370. The van der Waals surface area contributed by atoms with Crippen LogP contribution in [0.15, 0.2) is 18.2 Å². The number of imide groups is 1. The number of hydrogen-bond acceptors (Lipinski definition) is 5. The molecule has 38 heavy (non-hydrogen) atoms. The van der Waals surface area contributed by atoms with Gasteiger partial charge in [0, 0.05) is 19.7 Å². The number of carbonyl (C=O) groups is 3. The molecule has 0 saturated heterocycles. The molecule has 0 bridgehead atoms. The van der Waals surface area contributed by atoms with Crippen molar-refractivity contribution < 1.29 is 49.5 Å². The van der Waals surface area contributed by atoms with Gasteiger partial charge in [0.2, 0.25) is 5.91 Å². The number of nitrogens with zero attached hydrogens (tertiary/aromatic N) is 4. The number of hydrogen-bond donors (Lipinski definition) is 1. The maximum Gasteiger partial charge on any atom is 0.459 e. The van der Waals surface area contributed by atoms with E-state index in [2.05, 4.69) is 5.10 Å². The van der Waals surface area contributed by atoms with Gasteiger partial charge >= 0.3 is 18.3 Å². The van der Waals surface area contributed by atoms with Crippen molar-refractivity contribution in [3.8, 4) is 6.07 Å². The van der Waals surface area contributed by atoms with Crippen LogP contribution in [0, 0.1) is 11.3 Å². The van der Waals surface area contributed by atoms with Gasteiger partial charge in [-0.25, -0.2) is 0 Å². The third kappa shape index (κ3) is 4.89. The molecule has 0 atom stereocenters. The van der Waals surface area contributed by atoms with E-state index in [9.17, 15) is 54.8 Å². The topological polar surface area (TPSA) is 108 Å². The van der Waals surface area contributed by atoms with E-state index in [0.717, 1.165) is 25.1 Å². The average molecular weight is 572 g/mol. The van der Waals surface area contributed by atoms with Gasteiger partial charge in [-0.15, -0.1) is 0 Å². The van der Waals surface area contributed by atoms with Crippen molar-refractivity contribution >= 4 is 35.0 Å². The van der Waals surface area contributed by atoms with E-state index in [1.165, 1.54) is 0 Å². The van der Waals surface area contributed by atoms with Crippen LogP contribution in [-0.4, -0.2) is 44.1 Å². The number of anilines is 1. The minimum Gasteiger partial charge on any atom is -0.321 e. The first-order valence-electron chi connectivity index (χ1n) is 10.2. The van der Waals surface area contributed by atoms with E-state index in [0.29, 0.717) is 11.9 Å². The Morgan fingerprint density at radius 2 is 1.71 bits per heavy atom. The fourth-order valence-corrected chi connectivity index (χ4v) is 3.83. The minimum atomic E-state index is -6.45. The highest BCUT2D eigenvalue weighted by Crippen LogP contribution is 2.48. The number of amides is 3. The number of alkyl halides is 8. The lowest BCUT2D eigenvalue weighted by atomic mass is 10.1. The second-order valence-corrected chi connectivity index (χ2v) is 8.62. The summed E-state index contributed by atoms with van der Waals surface area (Å²) in [6, 6.07) is 4.66. The maximum atomic E-state index is 13.9. The van der Waals surface area contributed by atoms with Crippen LogP contribution in [0.2, 0.25) is 5.02 Å². The zero-order valence-corrected chi connectivity index (χ0v) is 19.8. The van der Waals surface area contributed by atoms with Crippen LogP contribution < -0.4 is 5.32 Å². The van der Waals surface area contributed by atoms with E-state index in [1.54, 1.807) is 0 Å². The van der Waals surface area contributed by atoms with Crippen LogP contribution in [0.1, 0.15) is 51.9 Å². The summed E-state index contributed by atoms with van der Waals surface area (Å²) in [4.78, 5) is 38.4. The summed E-state index contributed by atoms with van der Waals surface area (Å²) in [5.41, 5.74) is -9.33. The molecule has 1 fully saturated rings. The van der Waals surface area contributed by atoms with Gasteiger partial charge in [-0.3, -0.25) is 24.0 Å². The van der Waals surface area contributed by atoms with Crippen LogP contribution in [0.4, 0.5) is 40.8 Å². The molecular formula is C21H14ClF8N5O3. The van der Waals surface area contributed by atoms with Gasteiger partial charge in [0.1, 0.15) is 16.8 Å². The number of nitrogens with one attached hydrogen (secondary N) is 1.